The van der Waals surface area contributed by atoms with Crippen molar-refractivity contribution in [3.05, 3.63) is 29.8 Å². The van der Waals surface area contributed by atoms with Crippen LogP contribution >= 0.6 is 11.8 Å². The van der Waals surface area contributed by atoms with Gasteiger partial charge in [0, 0.05) is 17.4 Å². The van der Waals surface area contributed by atoms with Gasteiger partial charge in [-0.05, 0) is 18.4 Å². The molecule has 1 rings (SSSR count). The molecule has 0 aliphatic rings. The SMILES string of the molecule is CNC(CSC(C)C)c1ccccc1OC. The Hall–Kier alpha value is -0.670. The van der Waals surface area contributed by atoms with Crippen LogP contribution in [0.4, 0.5) is 0 Å². The number of methoxy groups -OCH3 is 1. The van der Waals surface area contributed by atoms with E-state index in [1.807, 2.05) is 30.9 Å². The van der Waals surface area contributed by atoms with Crippen LogP contribution in [0.1, 0.15) is 25.5 Å². The van der Waals surface area contributed by atoms with Crippen LogP contribution in [0.2, 0.25) is 0 Å². The van der Waals surface area contributed by atoms with Crippen LogP contribution in [0.25, 0.3) is 0 Å². The second-order valence-electron chi connectivity index (χ2n) is 3.97. The number of benzene rings is 1. The molecule has 1 atom stereocenters. The number of thioether (sulfide) groups is 1. The predicted octanol–water partition coefficient (Wildman–Crippen LogP) is 3.10. The Kier molecular flexibility index (Phi) is 5.71. The monoisotopic (exact) mass is 239 g/mol. The molecule has 0 fully saturated rings. The summed E-state index contributed by atoms with van der Waals surface area (Å²) in [4.78, 5) is 0. The van der Waals surface area contributed by atoms with Gasteiger partial charge < -0.3 is 10.1 Å². The normalized spacial score (nSPS) is 12.8. The average molecular weight is 239 g/mol. The fourth-order valence-corrected chi connectivity index (χ4v) is 2.50. The maximum atomic E-state index is 5.39. The molecule has 0 aliphatic carbocycles. The Balaban J connectivity index is 2.77. The fraction of sp³-hybridized carbons (Fsp3) is 0.538. The van der Waals surface area contributed by atoms with Gasteiger partial charge in [0.15, 0.2) is 0 Å². The van der Waals surface area contributed by atoms with Crippen LogP contribution in [0.5, 0.6) is 5.75 Å². The highest BCUT2D eigenvalue weighted by atomic mass is 32.2. The van der Waals surface area contributed by atoms with Crippen molar-refractivity contribution in [2.75, 3.05) is 19.9 Å². The number of para-hydroxylation sites is 1. The summed E-state index contributed by atoms with van der Waals surface area (Å²) in [5.41, 5.74) is 1.24. The molecule has 3 heteroatoms. The summed E-state index contributed by atoms with van der Waals surface area (Å²) in [7, 11) is 3.72. The summed E-state index contributed by atoms with van der Waals surface area (Å²) in [6, 6.07) is 8.55. The molecule has 1 unspecified atom stereocenters. The molecule has 90 valence electrons. The van der Waals surface area contributed by atoms with Gasteiger partial charge in [-0.1, -0.05) is 32.0 Å². The molecule has 0 spiro atoms. The predicted molar refractivity (Wildman–Crippen MR) is 72.4 cm³/mol. The van der Waals surface area contributed by atoms with E-state index in [4.69, 9.17) is 4.74 Å². The number of hydrogen-bond acceptors (Lipinski definition) is 3. The van der Waals surface area contributed by atoms with Gasteiger partial charge in [0.25, 0.3) is 0 Å². The zero-order chi connectivity index (χ0) is 12.0. The van der Waals surface area contributed by atoms with Crippen molar-refractivity contribution < 1.29 is 4.74 Å². The van der Waals surface area contributed by atoms with Crippen molar-refractivity contribution in [1.29, 1.82) is 0 Å². The Labute approximate surface area is 103 Å². The lowest BCUT2D eigenvalue weighted by atomic mass is 10.1. The summed E-state index contributed by atoms with van der Waals surface area (Å²) < 4.78 is 5.39. The molecule has 0 aromatic heterocycles. The molecule has 2 nitrogen and oxygen atoms in total. The lowest BCUT2D eigenvalue weighted by Crippen LogP contribution is -2.20. The molecule has 0 saturated carbocycles. The second kappa shape index (κ2) is 6.81. The van der Waals surface area contributed by atoms with Gasteiger partial charge >= 0.3 is 0 Å². The smallest absolute Gasteiger partial charge is 0.123 e. The molecule has 0 radical (unpaired) electrons. The zero-order valence-corrected chi connectivity index (χ0v) is 11.3. The van der Waals surface area contributed by atoms with Crippen molar-refractivity contribution in [2.24, 2.45) is 0 Å². The van der Waals surface area contributed by atoms with Crippen LogP contribution < -0.4 is 10.1 Å². The standard InChI is InChI=1S/C13H21NOS/c1-10(2)16-9-12(14-3)11-7-5-6-8-13(11)15-4/h5-8,10,12,14H,9H2,1-4H3. The van der Waals surface area contributed by atoms with E-state index in [-0.39, 0.29) is 0 Å². The highest BCUT2D eigenvalue weighted by molar-refractivity contribution is 7.99. The molecule has 0 bridgehead atoms. The van der Waals surface area contributed by atoms with Crippen molar-refractivity contribution in [3.63, 3.8) is 0 Å². The lowest BCUT2D eigenvalue weighted by Gasteiger charge is -2.19. The first-order chi connectivity index (χ1) is 7.69. The van der Waals surface area contributed by atoms with Crippen LogP contribution in [0, 0.1) is 0 Å². The van der Waals surface area contributed by atoms with E-state index in [1.165, 1.54) is 5.56 Å². The maximum absolute atomic E-state index is 5.39. The summed E-state index contributed by atoms with van der Waals surface area (Å²) in [5, 5.41) is 4.01. The minimum atomic E-state index is 0.351. The van der Waals surface area contributed by atoms with E-state index in [1.54, 1.807) is 7.11 Å². The van der Waals surface area contributed by atoms with E-state index < -0.39 is 0 Å². The molecule has 0 heterocycles. The number of hydrogen-bond donors (Lipinski definition) is 1. The highest BCUT2D eigenvalue weighted by Crippen LogP contribution is 2.28. The molecular weight excluding hydrogens is 218 g/mol. The summed E-state index contributed by atoms with van der Waals surface area (Å²) >= 11 is 1.96. The molecule has 16 heavy (non-hydrogen) atoms. The first-order valence-corrected chi connectivity index (χ1v) is 6.65. The number of rotatable bonds is 6. The Morgan fingerprint density at radius 1 is 1.31 bits per heavy atom. The maximum Gasteiger partial charge on any atom is 0.123 e. The largest absolute Gasteiger partial charge is 0.496 e. The van der Waals surface area contributed by atoms with Crippen LogP contribution in [0.15, 0.2) is 24.3 Å². The van der Waals surface area contributed by atoms with Crippen molar-refractivity contribution in [3.8, 4) is 5.75 Å². The van der Waals surface area contributed by atoms with Crippen molar-refractivity contribution in [2.45, 2.75) is 25.1 Å². The Morgan fingerprint density at radius 3 is 2.56 bits per heavy atom. The fourth-order valence-electron chi connectivity index (χ4n) is 1.57. The highest BCUT2D eigenvalue weighted by Gasteiger charge is 2.14. The third-order valence-electron chi connectivity index (χ3n) is 2.46. The minimum Gasteiger partial charge on any atom is -0.496 e. The second-order valence-corrected chi connectivity index (χ2v) is 5.57. The molecule has 0 aliphatic heterocycles. The molecule has 1 N–H and O–H groups in total. The topological polar surface area (TPSA) is 21.3 Å². The Bertz CT molecular complexity index is 315. The average Bonchev–Trinajstić information content (AvgIpc) is 2.30. The van der Waals surface area contributed by atoms with Gasteiger partial charge in [0.1, 0.15) is 5.75 Å². The van der Waals surface area contributed by atoms with E-state index in [0.29, 0.717) is 11.3 Å². The van der Waals surface area contributed by atoms with Crippen LogP contribution in [0.3, 0.4) is 0 Å². The number of nitrogens with one attached hydrogen (secondary N) is 1. The van der Waals surface area contributed by atoms with E-state index in [9.17, 15) is 0 Å². The van der Waals surface area contributed by atoms with E-state index >= 15 is 0 Å². The molecule has 1 aromatic rings. The van der Waals surface area contributed by atoms with E-state index in [0.717, 1.165) is 11.5 Å². The van der Waals surface area contributed by atoms with Crippen molar-refractivity contribution >= 4 is 11.8 Å². The third kappa shape index (κ3) is 3.72. The zero-order valence-electron chi connectivity index (χ0n) is 10.5. The molecule has 1 aromatic carbocycles. The third-order valence-corrected chi connectivity index (χ3v) is 3.65. The molecule has 0 amide bonds. The lowest BCUT2D eigenvalue weighted by molar-refractivity contribution is 0.404. The molecule has 0 saturated heterocycles. The first-order valence-electron chi connectivity index (χ1n) is 5.60. The van der Waals surface area contributed by atoms with Gasteiger partial charge in [-0.25, -0.2) is 0 Å². The van der Waals surface area contributed by atoms with Gasteiger partial charge in [-0.2, -0.15) is 11.8 Å². The van der Waals surface area contributed by atoms with Gasteiger partial charge in [0.05, 0.1) is 7.11 Å². The quantitative estimate of drug-likeness (QED) is 0.824. The van der Waals surface area contributed by atoms with Gasteiger partial charge in [-0.3, -0.25) is 0 Å². The Morgan fingerprint density at radius 2 is 2.00 bits per heavy atom. The van der Waals surface area contributed by atoms with E-state index in [2.05, 4.69) is 31.3 Å². The molecular formula is C13H21NOS. The number of ether oxygens (including phenoxy) is 1. The summed E-state index contributed by atoms with van der Waals surface area (Å²) in [6.07, 6.45) is 0. The first kappa shape index (κ1) is 13.4. The van der Waals surface area contributed by atoms with Gasteiger partial charge in [-0.15, -0.1) is 0 Å². The minimum absolute atomic E-state index is 0.351. The van der Waals surface area contributed by atoms with Crippen LogP contribution in [-0.4, -0.2) is 25.2 Å². The van der Waals surface area contributed by atoms with Crippen molar-refractivity contribution in [1.82, 2.24) is 5.32 Å². The van der Waals surface area contributed by atoms with Gasteiger partial charge in [0.2, 0.25) is 0 Å². The summed E-state index contributed by atoms with van der Waals surface area (Å²) in [5.74, 6) is 2.03. The van der Waals surface area contributed by atoms with Crippen LogP contribution in [-0.2, 0) is 0 Å². The summed E-state index contributed by atoms with van der Waals surface area (Å²) in [6.45, 7) is 4.44.